The largest absolute Gasteiger partial charge is 0.357 e. The van der Waals surface area contributed by atoms with Gasteiger partial charge in [-0.25, -0.2) is 8.42 Å². The number of halogens is 2. The van der Waals surface area contributed by atoms with Crippen LogP contribution >= 0.6 is 31.9 Å². The van der Waals surface area contributed by atoms with Gasteiger partial charge in [-0.05, 0) is 52.7 Å². The van der Waals surface area contributed by atoms with E-state index in [1.54, 1.807) is 31.2 Å². The first-order chi connectivity index (χ1) is 14.0. The van der Waals surface area contributed by atoms with Crippen LogP contribution in [0.2, 0.25) is 0 Å². The number of likely N-dealkylation sites (N-methyl/N-ethyl adjacent to an activating group) is 1. The van der Waals surface area contributed by atoms with Gasteiger partial charge >= 0.3 is 0 Å². The van der Waals surface area contributed by atoms with Crippen LogP contribution in [0.4, 0.5) is 5.69 Å². The SMILES string of the molecule is CNC(=O)[C@H](C)N(Cc1cccc(Br)c1)C(=O)CN(c1ccccc1Br)S(C)(=O)=O. The number of nitrogens with one attached hydrogen (secondary N) is 1. The van der Waals surface area contributed by atoms with Crippen LogP contribution in [-0.2, 0) is 26.2 Å². The second-order valence-corrected chi connectivity index (χ2v) is 10.3. The van der Waals surface area contributed by atoms with Gasteiger partial charge in [-0.3, -0.25) is 13.9 Å². The number of hydrogen-bond acceptors (Lipinski definition) is 4. The summed E-state index contributed by atoms with van der Waals surface area (Å²) in [5, 5.41) is 2.54. The van der Waals surface area contributed by atoms with Gasteiger partial charge in [0.2, 0.25) is 21.8 Å². The Kier molecular flexibility index (Phi) is 8.45. The fourth-order valence-electron chi connectivity index (χ4n) is 2.87. The predicted molar refractivity (Wildman–Crippen MR) is 125 cm³/mol. The lowest BCUT2D eigenvalue weighted by atomic mass is 10.1. The molecule has 0 bridgehead atoms. The molecule has 0 aliphatic heterocycles. The maximum Gasteiger partial charge on any atom is 0.244 e. The molecular weight excluding hydrogens is 538 g/mol. The van der Waals surface area contributed by atoms with Crippen molar-refractivity contribution in [2.24, 2.45) is 0 Å². The lowest BCUT2D eigenvalue weighted by Gasteiger charge is -2.31. The number of hydrogen-bond donors (Lipinski definition) is 1. The standard InChI is InChI=1S/C20H23Br2N3O4S/c1-14(20(27)23-2)24(12-15-7-6-8-16(21)11-15)19(26)13-25(30(3,28)29)18-10-5-4-9-17(18)22/h4-11,14H,12-13H2,1-3H3,(H,23,27)/t14-/m0/s1. The van der Waals surface area contributed by atoms with Crippen LogP contribution in [0.5, 0.6) is 0 Å². The summed E-state index contributed by atoms with van der Waals surface area (Å²) in [4.78, 5) is 26.9. The van der Waals surface area contributed by atoms with Crippen molar-refractivity contribution >= 4 is 59.4 Å². The smallest absolute Gasteiger partial charge is 0.244 e. The Hall–Kier alpha value is -1.91. The van der Waals surface area contributed by atoms with Crippen molar-refractivity contribution in [3.05, 3.63) is 63.0 Å². The van der Waals surface area contributed by atoms with Crippen LogP contribution in [0.3, 0.4) is 0 Å². The average Bonchev–Trinajstić information content (AvgIpc) is 2.69. The minimum absolute atomic E-state index is 0.153. The molecule has 2 aromatic carbocycles. The predicted octanol–water partition coefficient (Wildman–Crippen LogP) is 3.14. The van der Waals surface area contributed by atoms with E-state index in [2.05, 4.69) is 37.2 Å². The Balaban J connectivity index is 2.40. The van der Waals surface area contributed by atoms with E-state index < -0.39 is 28.5 Å². The molecule has 0 unspecified atom stereocenters. The molecular formula is C20H23Br2N3O4S. The molecule has 10 heteroatoms. The summed E-state index contributed by atoms with van der Waals surface area (Å²) < 4.78 is 27.3. The van der Waals surface area contributed by atoms with Gasteiger partial charge < -0.3 is 10.2 Å². The first-order valence-electron chi connectivity index (χ1n) is 9.02. The second kappa shape index (κ2) is 10.4. The number of sulfonamides is 1. The summed E-state index contributed by atoms with van der Waals surface area (Å²) >= 11 is 6.74. The van der Waals surface area contributed by atoms with E-state index in [0.717, 1.165) is 20.6 Å². The van der Waals surface area contributed by atoms with Gasteiger partial charge in [-0.15, -0.1) is 0 Å². The highest BCUT2D eigenvalue weighted by atomic mass is 79.9. The van der Waals surface area contributed by atoms with Crippen molar-refractivity contribution in [1.82, 2.24) is 10.2 Å². The molecule has 0 heterocycles. The van der Waals surface area contributed by atoms with E-state index in [4.69, 9.17) is 0 Å². The molecule has 1 N–H and O–H groups in total. The van der Waals surface area contributed by atoms with Gasteiger partial charge in [-0.2, -0.15) is 0 Å². The summed E-state index contributed by atoms with van der Waals surface area (Å²) in [6.07, 6.45) is 1.04. The molecule has 0 radical (unpaired) electrons. The van der Waals surface area contributed by atoms with Gasteiger partial charge in [0, 0.05) is 22.5 Å². The quantitative estimate of drug-likeness (QED) is 0.537. The summed E-state index contributed by atoms with van der Waals surface area (Å²) in [5.41, 5.74) is 1.16. The van der Waals surface area contributed by atoms with Gasteiger partial charge in [-0.1, -0.05) is 40.2 Å². The summed E-state index contributed by atoms with van der Waals surface area (Å²) in [7, 11) is -2.26. The zero-order chi connectivity index (χ0) is 22.5. The minimum Gasteiger partial charge on any atom is -0.357 e. The van der Waals surface area contributed by atoms with E-state index in [0.29, 0.717) is 10.2 Å². The van der Waals surface area contributed by atoms with Crippen molar-refractivity contribution in [1.29, 1.82) is 0 Å². The van der Waals surface area contributed by atoms with E-state index in [-0.39, 0.29) is 12.5 Å². The van der Waals surface area contributed by atoms with Gasteiger partial charge in [0.25, 0.3) is 0 Å². The van der Waals surface area contributed by atoms with Crippen molar-refractivity contribution in [2.75, 3.05) is 24.2 Å². The van der Waals surface area contributed by atoms with Crippen molar-refractivity contribution in [3.8, 4) is 0 Å². The zero-order valence-electron chi connectivity index (χ0n) is 16.8. The van der Waals surface area contributed by atoms with Crippen LogP contribution in [0.15, 0.2) is 57.5 Å². The molecule has 1 atom stereocenters. The highest BCUT2D eigenvalue weighted by Crippen LogP contribution is 2.28. The van der Waals surface area contributed by atoms with Gasteiger partial charge in [0.1, 0.15) is 12.6 Å². The van der Waals surface area contributed by atoms with Crippen LogP contribution in [0, 0.1) is 0 Å². The highest BCUT2D eigenvalue weighted by molar-refractivity contribution is 9.10. The Morgan fingerprint density at radius 3 is 2.33 bits per heavy atom. The zero-order valence-corrected chi connectivity index (χ0v) is 20.8. The molecule has 0 spiro atoms. The van der Waals surface area contributed by atoms with E-state index >= 15 is 0 Å². The summed E-state index contributed by atoms with van der Waals surface area (Å²) in [5.74, 6) is -0.836. The first kappa shape index (κ1) is 24.4. The van der Waals surface area contributed by atoms with Gasteiger partial charge in [0.15, 0.2) is 0 Å². The molecule has 0 aromatic heterocycles. The molecule has 2 amide bonds. The molecule has 0 fully saturated rings. The fourth-order valence-corrected chi connectivity index (χ4v) is 4.80. The molecule has 30 heavy (non-hydrogen) atoms. The topological polar surface area (TPSA) is 86.8 Å². The maximum atomic E-state index is 13.2. The molecule has 0 saturated heterocycles. The molecule has 162 valence electrons. The van der Waals surface area contributed by atoms with Crippen molar-refractivity contribution in [2.45, 2.75) is 19.5 Å². The van der Waals surface area contributed by atoms with E-state index in [1.807, 2.05) is 24.3 Å². The van der Waals surface area contributed by atoms with E-state index in [1.165, 1.54) is 11.9 Å². The Morgan fingerprint density at radius 2 is 1.77 bits per heavy atom. The third kappa shape index (κ3) is 6.29. The third-order valence-electron chi connectivity index (χ3n) is 4.46. The molecule has 0 aliphatic carbocycles. The Labute approximate surface area is 193 Å². The highest BCUT2D eigenvalue weighted by Gasteiger charge is 2.30. The number of nitrogens with zero attached hydrogens (tertiary/aromatic N) is 2. The van der Waals surface area contributed by atoms with Crippen LogP contribution < -0.4 is 9.62 Å². The van der Waals surface area contributed by atoms with Crippen LogP contribution in [0.1, 0.15) is 12.5 Å². The fraction of sp³-hybridized carbons (Fsp3) is 0.300. The Morgan fingerprint density at radius 1 is 1.10 bits per heavy atom. The van der Waals surface area contributed by atoms with Crippen molar-refractivity contribution < 1.29 is 18.0 Å². The Bertz CT molecular complexity index is 1030. The van der Waals surface area contributed by atoms with Crippen molar-refractivity contribution in [3.63, 3.8) is 0 Å². The number of carbonyl (C=O) groups is 2. The molecule has 0 saturated carbocycles. The average molecular weight is 561 g/mol. The maximum absolute atomic E-state index is 13.2. The second-order valence-electron chi connectivity index (χ2n) is 6.66. The normalized spacial score (nSPS) is 12.2. The molecule has 2 rings (SSSR count). The third-order valence-corrected chi connectivity index (χ3v) is 6.75. The lowest BCUT2D eigenvalue weighted by Crippen LogP contribution is -2.50. The number of amides is 2. The molecule has 0 aliphatic rings. The monoisotopic (exact) mass is 559 g/mol. The molecule has 2 aromatic rings. The number of carbonyl (C=O) groups excluding carboxylic acids is 2. The van der Waals surface area contributed by atoms with Crippen LogP contribution in [0.25, 0.3) is 0 Å². The lowest BCUT2D eigenvalue weighted by molar-refractivity contribution is -0.139. The summed E-state index contributed by atoms with van der Waals surface area (Å²) in [6.45, 7) is 1.33. The van der Waals surface area contributed by atoms with Gasteiger partial charge in [0.05, 0.1) is 11.9 Å². The number of rotatable bonds is 8. The van der Waals surface area contributed by atoms with E-state index in [9.17, 15) is 18.0 Å². The molecule has 7 nitrogen and oxygen atoms in total. The minimum atomic E-state index is -3.75. The van der Waals surface area contributed by atoms with Crippen LogP contribution in [-0.4, -0.2) is 51.0 Å². The first-order valence-corrected chi connectivity index (χ1v) is 12.5. The summed E-state index contributed by atoms with van der Waals surface area (Å²) in [6, 6.07) is 13.3. The number of para-hydroxylation sites is 1. The number of anilines is 1. The number of benzene rings is 2.